The van der Waals surface area contributed by atoms with E-state index in [9.17, 15) is 10.1 Å². The van der Waals surface area contributed by atoms with E-state index in [1.54, 1.807) is 13.0 Å². The Bertz CT molecular complexity index is 823. The fourth-order valence-corrected chi connectivity index (χ4v) is 4.03. The Morgan fingerprint density at radius 2 is 1.93 bits per heavy atom. The van der Waals surface area contributed by atoms with Crippen molar-refractivity contribution >= 4 is 27.3 Å². The summed E-state index contributed by atoms with van der Waals surface area (Å²) in [5, 5.41) is 14.9. The molecular formula is C22H27BrN2O4. The Morgan fingerprint density at radius 1 is 1.21 bits per heavy atom. The monoisotopic (exact) mass is 462 g/mol. The number of hydrogen-bond acceptors (Lipinski definition) is 5. The van der Waals surface area contributed by atoms with Crippen LogP contribution in [0.4, 0.5) is 11.4 Å². The lowest BCUT2D eigenvalue weighted by Gasteiger charge is -2.37. The van der Waals surface area contributed by atoms with Gasteiger partial charge in [-0.2, -0.15) is 0 Å². The number of nitrogens with zero attached hydrogens (tertiary/aromatic N) is 1. The summed E-state index contributed by atoms with van der Waals surface area (Å²) in [4.78, 5) is 11.3. The van der Waals surface area contributed by atoms with Crippen LogP contribution in [0.15, 0.2) is 46.9 Å². The molecule has 2 aromatic carbocycles. The zero-order valence-corrected chi connectivity index (χ0v) is 18.2. The molecule has 0 bridgehead atoms. The second-order valence-corrected chi connectivity index (χ2v) is 8.43. The number of anilines is 1. The molecule has 29 heavy (non-hydrogen) atoms. The van der Waals surface area contributed by atoms with Crippen LogP contribution >= 0.6 is 15.9 Å². The van der Waals surface area contributed by atoms with Crippen molar-refractivity contribution in [1.82, 2.24) is 0 Å². The van der Waals surface area contributed by atoms with Gasteiger partial charge >= 0.3 is 0 Å². The van der Waals surface area contributed by atoms with Gasteiger partial charge in [-0.3, -0.25) is 10.1 Å². The first kappa shape index (κ1) is 21.7. The van der Waals surface area contributed by atoms with E-state index in [0.717, 1.165) is 29.3 Å². The molecule has 1 N–H and O–H groups in total. The minimum atomic E-state index is -0.317. The molecule has 1 fully saturated rings. The molecule has 0 aliphatic carbocycles. The van der Waals surface area contributed by atoms with Crippen LogP contribution in [0.1, 0.15) is 30.4 Å². The molecule has 6 nitrogen and oxygen atoms in total. The van der Waals surface area contributed by atoms with Crippen LogP contribution in [-0.4, -0.2) is 31.3 Å². The smallest absolute Gasteiger partial charge is 0.296 e. The minimum absolute atomic E-state index is 0.00375. The highest BCUT2D eigenvalue weighted by atomic mass is 79.9. The molecule has 3 rings (SSSR count). The maximum atomic E-state index is 11.6. The van der Waals surface area contributed by atoms with Crippen molar-refractivity contribution in [3.05, 3.63) is 68.2 Å². The van der Waals surface area contributed by atoms with Gasteiger partial charge in [0.05, 0.1) is 11.5 Å². The summed E-state index contributed by atoms with van der Waals surface area (Å²) in [6.07, 6.45) is 2.72. The molecule has 0 atom stereocenters. The van der Waals surface area contributed by atoms with E-state index in [2.05, 4.69) is 33.4 Å². The largest absolute Gasteiger partial charge is 0.381 e. The van der Waals surface area contributed by atoms with Crippen LogP contribution in [-0.2, 0) is 16.1 Å². The molecule has 0 spiro atoms. The van der Waals surface area contributed by atoms with Gasteiger partial charge in [-0.05, 0) is 49.3 Å². The first-order valence-electron chi connectivity index (χ1n) is 9.88. The Kier molecular flexibility index (Phi) is 7.64. The second-order valence-electron chi connectivity index (χ2n) is 7.58. The highest BCUT2D eigenvalue weighted by Crippen LogP contribution is 2.38. The molecule has 0 saturated carbocycles. The van der Waals surface area contributed by atoms with Crippen molar-refractivity contribution in [2.75, 3.05) is 31.7 Å². The van der Waals surface area contributed by atoms with Crippen molar-refractivity contribution in [3.8, 4) is 0 Å². The molecule has 1 saturated heterocycles. The summed E-state index contributed by atoms with van der Waals surface area (Å²) in [7, 11) is 0. The first-order valence-corrected chi connectivity index (χ1v) is 10.7. The van der Waals surface area contributed by atoms with E-state index >= 15 is 0 Å². The Morgan fingerprint density at radius 3 is 2.62 bits per heavy atom. The van der Waals surface area contributed by atoms with Crippen LogP contribution in [0.25, 0.3) is 0 Å². The summed E-state index contributed by atoms with van der Waals surface area (Å²) < 4.78 is 12.2. The SMILES string of the molecule is Cc1c(Br)ccc(NCC2(CCOCc3ccccc3)CCOCC2)c1[N+](=O)[O-]. The highest BCUT2D eigenvalue weighted by molar-refractivity contribution is 9.10. The van der Waals surface area contributed by atoms with Crippen molar-refractivity contribution in [3.63, 3.8) is 0 Å². The molecule has 156 valence electrons. The fraction of sp³-hybridized carbons (Fsp3) is 0.455. The van der Waals surface area contributed by atoms with Gasteiger partial charge in [0.1, 0.15) is 5.69 Å². The molecule has 0 unspecified atom stereocenters. The number of nitro benzene ring substituents is 1. The minimum Gasteiger partial charge on any atom is -0.381 e. The number of nitrogens with one attached hydrogen (secondary N) is 1. The quantitative estimate of drug-likeness (QED) is 0.303. The van der Waals surface area contributed by atoms with Gasteiger partial charge in [0.2, 0.25) is 0 Å². The van der Waals surface area contributed by atoms with Crippen molar-refractivity contribution in [2.24, 2.45) is 5.41 Å². The van der Waals surface area contributed by atoms with Gasteiger partial charge in [0.25, 0.3) is 5.69 Å². The molecule has 0 amide bonds. The Labute approximate surface area is 179 Å². The van der Waals surface area contributed by atoms with E-state index in [4.69, 9.17) is 9.47 Å². The highest BCUT2D eigenvalue weighted by Gasteiger charge is 2.33. The molecule has 2 aromatic rings. The van der Waals surface area contributed by atoms with E-state index in [1.807, 2.05) is 24.3 Å². The van der Waals surface area contributed by atoms with Gasteiger partial charge in [-0.15, -0.1) is 0 Å². The zero-order valence-electron chi connectivity index (χ0n) is 16.7. The third kappa shape index (κ3) is 5.78. The topological polar surface area (TPSA) is 73.6 Å². The number of benzene rings is 2. The molecule has 7 heteroatoms. The molecule has 1 aliphatic rings. The van der Waals surface area contributed by atoms with Gasteiger partial charge in [-0.25, -0.2) is 0 Å². The predicted molar refractivity (Wildman–Crippen MR) is 117 cm³/mol. The lowest BCUT2D eigenvalue weighted by atomic mass is 9.77. The predicted octanol–water partition coefficient (Wildman–Crippen LogP) is 5.48. The normalized spacial score (nSPS) is 15.8. The van der Waals surface area contributed by atoms with Gasteiger partial charge < -0.3 is 14.8 Å². The zero-order chi connectivity index (χ0) is 20.7. The molecule has 0 radical (unpaired) electrons. The van der Waals surface area contributed by atoms with Crippen LogP contribution < -0.4 is 5.32 Å². The lowest BCUT2D eigenvalue weighted by Crippen LogP contribution is -2.37. The third-order valence-electron chi connectivity index (χ3n) is 5.64. The average molecular weight is 463 g/mol. The second kappa shape index (κ2) is 10.2. The maximum absolute atomic E-state index is 11.6. The fourth-order valence-electron chi connectivity index (χ4n) is 3.71. The van der Waals surface area contributed by atoms with E-state index in [0.29, 0.717) is 44.2 Å². The van der Waals surface area contributed by atoms with Crippen LogP contribution in [0.2, 0.25) is 0 Å². The van der Waals surface area contributed by atoms with E-state index < -0.39 is 0 Å². The summed E-state index contributed by atoms with van der Waals surface area (Å²) in [6.45, 7) is 5.09. The van der Waals surface area contributed by atoms with E-state index in [-0.39, 0.29) is 16.0 Å². The maximum Gasteiger partial charge on any atom is 0.296 e. The Balaban J connectivity index is 1.63. The summed E-state index contributed by atoms with van der Waals surface area (Å²) in [5.41, 5.74) is 2.48. The van der Waals surface area contributed by atoms with Crippen LogP contribution in [0.5, 0.6) is 0 Å². The number of rotatable bonds is 9. The number of halogens is 1. The summed E-state index contributed by atoms with van der Waals surface area (Å²) >= 11 is 3.38. The molecule has 1 aliphatic heterocycles. The standard InChI is InChI=1S/C22H27BrN2O4/c1-17-19(23)7-8-20(21(17)25(26)27)24-16-22(9-12-28-13-10-22)11-14-29-15-18-5-3-2-4-6-18/h2-8,24H,9-16H2,1H3. The summed E-state index contributed by atoms with van der Waals surface area (Å²) in [5.74, 6) is 0. The van der Waals surface area contributed by atoms with Gasteiger partial charge in [-0.1, -0.05) is 46.3 Å². The molecular weight excluding hydrogens is 436 g/mol. The Hall–Kier alpha value is -1.96. The van der Waals surface area contributed by atoms with Crippen LogP contribution in [0, 0.1) is 22.5 Å². The lowest BCUT2D eigenvalue weighted by molar-refractivity contribution is -0.384. The van der Waals surface area contributed by atoms with Crippen molar-refractivity contribution in [1.29, 1.82) is 0 Å². The number of ether oxygens (including phenoxy) is 2. The van der Waals surface area contributed by atoms with Gasteiger partial charge in [0, 0.05) is 36.4 Å². The first-order chi connectivity index (χ1) is 14.0. The average Bonchev–Trinajstić information content (AvgIpc) is 2.73. The summed E-state index contributed by atoms with van der Waals surface area (Å²) in [6, 6.07) is 13.8. The molecule has 0 aromatic heterocycles. The van der Waals surface area contributed by atoms with Crippen LogP contribution in [0.3, 0.4) is 0 Å². The van der Waals surface area contributed by atoms with Crippen molar-refractivity contribution < 1.29 is 14.4 Å². The molecule has 1 heterocycles. The number of nitro groups is 1. The number of hydrogen-bond donors (Lipinski definition) is 1. The van der Waals surface area contributed by atoms with E-state index in [1.165, 1.54) is 0 Å². The van der Waals surface area contributed by atoms with Gasteiger partial charge in [0.15, 0.2) is 0 Å². The van der Waals surface area contributed by atoms with Crippen molar-refractivity contribution in [2.45, 2.75) is 32.8 Å². The third-order valence-corrected chi connectivity index (χ3v) is 6.50.